The zero-order chi connectivity index (χ0) is 17.1. The summed E-state index contributed by atoms with van der Waals surface area (Å²) in [6.45, 7) is 5.29. The lowest BCUT2D eigenvalue weighted by Gasteiger charge is -2.19. The minimum absolute atomic E-state index is 0.601. The third-order valence-electron chi connectivity index (χ3n) is 6.24. The van der Waals surface area contributed by atoms with Gasteiger partial charge >= 0.3 is 0 Å². The molecule has 5 rings (SSSR count). The number of nitrogens with zero attached hydrogens (tertiary/aromatic N) is 3. The van der Waals surface area contributed by atoms with E-state index in [1.807, 2.05) is 13.1 Å². The molecule has 2 bridgehead atoms. The van der Waals surface area contributed by atoms with Gasteiger partial charge in [0.1, 0.15) is 0 Å². The van der Waals surface area contributed by atoms with Crippen molar-refractivity contribution in [3.05, 3.63) is 64.6 Å². The highest BCUT2D eigenvalue weighted by molar-refractivity contribution is 5.88. The van der Waals surface area contributed by atoms with Crippen molar-refractivity contribution in [2.24, 2.45) is 0 Å². The molecule has 25 heavy (non-hydrogen) atoms. The standard InChI is InChI=1S/C22H25N3/c1-14-4-7-18-17(12-14)21-19-8-9-20(24(19)3)22(21)25(18)11-10-16-6-5-15(2)23-13-16/h4-7,12-13,19-20H,8-11H2,1-3H3. The molecule has 1 saturated heterocycles. The van der Waals surface area contributed by atoms with Crippen molar-refractivity contribution in [2.75, 3.05) is 7.05 Å². The first-order valence-corrected chi connectivity index (χ1v) is 9.39. The summed E-state index contributed by atoms with van der Waals surface area (Å²) in [5.41, 5.74) is 8.38. The van der Waals surface area contributed by atoms with Gasteiger partial charge in [0.25, 0.3) is 0 Å². The Balaban J connectivity index is 1.60. The van der Waals surface area contributed by atoms with Crippen molar-refractivity contribution in [3.8, 4) is 0 Å². The van der Waals surface area contributed by atoms with Crippen LogP contribution in [0.15, 0.2) is 36.5 Å². The fraction of sp³-hybridized carbons (Fsp3) is 0.409. The summed E-state index contributed by atoms with van der Waals surface area (Å²) in [6, 6.07) is 12.5. The molecule has 0 radical (unpaired) electrons. The van der Waals surface area contributed by atoms with E-state index < -0.39 is 0 Å². The normalized spacial score (nSPS) is 22.0. The molecule has 2 aromatic heterocycles. The molecule has 2 unspecified atom stereocenters. The smallest absolute Gasteiger partial charge is 0.0508 e. The lowest BCUT2D eigenvalue weighted by Crippen LogP contribution is -2.16. The van der Waals surface area contributed by atoms with Gasteiger partial charge in [-0.15, -0.1) is 0 Å². The van der Waals surface area contributed by atoms with E-state index in [-0.39, 0.29) is 0 Å². The number of aryl methyl sites for hydroxylation is 4. The summed E-state index contributed by atoms with van der Waals surface area (Å²) in [4.78, 5) is 7.05. The Bertz CT molecular complexity index is 952. The van der Waals surface area contributed by atoms with Crippen LogP contribution in [0.4, 0.5) is 0 Å². The van der Waals surface area contributed by atoms with Gasteiger partial charge in [0, 0.05) is 41.1 Å². The number of hydrogen-bond donors (Lipinski definition) is 0. The molecule has 0 saturated carbocycles. The van der Waals surface area contributed by atoms with Gasteiger partial charge in [0.05, 0.1) is 6.04 Å². The van der Waals surface area contributed by atoms with Gasteiger partial charge in [-0.1, -0.05) is 17.7 Å². The molecule has 0 amide bonds. The Hall–Kier alpha value is -2.13. The molecule has 3 nitrogen and oxygen atoms in total. The fourth-order valence-electron chi connectivity index (χ4n) is 4.97. The first-order valence-electron chi connectivity index (χ1n) is 9.39. The molecule has 128 valence electrons. The Morgan fingerprint density at radius 3 is 2.72 bits per heavy atom. The van der Waals surface area contributed by atoms with Gasteiger partial charge in [-0.25, -0.2) is 0 Å². The molecule has 2 aliphatic heterocycles. The van der Waals surface area contributed by atoms with Crippen LogP contribution in [0.3, 0.4) is 0 Å². The molecule has 2 atom stereocenters. The first kappa shape index (κ1) is 15.2. The van der Waals surface area contributed by atoms with Crippen LogP contribution in [-0.4, -0.2) is 21.5 Å². The molecular formula is C22H25N3. The second kappa shape index (κ2) is 5.43. The van der Waals surface area contributed by atoms with E-state index in [4.69, 9.17) is 0 Å². The topological polar surface area (TPSA) is 21.1 Å². The SMILES string of the molecule is Cc1ccc2c(c1)c1c(n2CCc2ccc(C)nc2)C2CCC1N2C. The molecule has 4 heterocycles. The molecule has 1 aromatic carbocycles. The van der Waals surface area contributed by atoms with Gasteiger partial charge < -0.3 is 4.57 Å². The molecule has 3 heteroatoms. The molecule has 0 aliphatic carbocycles. The zero-order valence-electron chi connectivity index (χ0n) is 15.3. The number of fused-ring (bicyclic) bond motifs is 7. The average Bonchev–Trinajstić information content (AvgIpc) is 3.22. The number of hydrogen-bond acceptors (Lipinski definition) is 2. The van der Waals surface area contributed by atoms with Crippen LogP contribution in [0.1, 0.15) is 53.0 Å². The quantitative estimate of drug-likeness (QED) is 0.692. The van der Waals surface area contributed by atoms with E-state index in [1.54, 1.807) is 11.3 Å². The third-order valence-corrected chi connectivity index (χ3v) is 6.24. The average molecular weight is 331 g/mol. The largest absolute Gasteiger partial charge is 0.342 e. The van der Waals surface area contributed by atoms with E-state index in [2.05, 4.69) is 58.8 Å². The second-order valence-corrected chi connectivity index (χ2v) is 7.80. The van der Waals surface area contributed by atoms with Gasteiger partial charge in [0.2, 0.25) is 0 Å². The molecule has 1 fully saturated rings. The van der Waals surface area contributed by atoms with Crippen LogP contribution in [0, 0.1) is 13.8 Å². The maximum Gasteiger partial charge on any atom is 0.0508 e. The van der Waals surface area contributed by atoms with Crippen LogP contribution >= 0.6 is 0 Å². The number of pyridine rings is 1. The maximum absolute atomic E-state index is 4.46. The van der Waals surface area contributed by atoms with Gasteiger partial charge in [-0.3, -0.25) is 9.88 Å². The van der Waals surface area contributed by atoms with Crippen molar-refractivity contribution in [2.45, 2.75) is 51.7 Å². The summed E-state index contributed by atoms with van der Waals surface area (Å²) in [5, 5.41) is 1.48. The van der Waals surface area contributed by atoms with Crippen LogP contribution in [0.2, 0.25) is 0 Å². The summed E-state index contributed by atoms with van der Waals surface area (Å²) < 4.78 is 2.60. The fourth-order valence-corrected chi connectivity index (χ4v) is 4.97. The van der Waals surface area contributed by atoms with Crippen molar-refractivity contribution in [1.29, 1.82) is 0 Å². The van der Waals surface area contributed by atoms with E-state index >= 15 is 0 Å². The Kier molecular flexibility index (Phi) is 3.29. The summed E-state index contributed by atoms with van der Waals surface area (Å²) >= 11 is 0. The van der Waals surface area contributed by atoms with Crippen molar-refractivity contribution in [1.82, 2.24) is 14.5 Å². The highest BCUT2D eigenvalue weighted by Crippen LogP contribution is 2.55. The van der Waals surface area contributed by atoms with Gasteiger partial charge in [-0.2, -0.15) is 0 Å². The van der Waals surface area contributed by atoms with Crippen molar-refractivity contribution < 1.29 is 0 Å². The molecule has 0 spiro atoms. The second-order valence-electron chi connectivity index (χ2n) is 7.80. The Morgan fingerprint density at radius 1 is 1.08 bits per heavy atom. The molecule has 0 N–H and O–H groups in total. The van der Waals surface area contributed by atoms with E-state index in [1.165, 1.54) is 34.9 Å². The minimum Gasteiger partial charge on any atom is -0.342 e. The van der Waals surface area contributed by atoms with Crippen molar-refractivity contribution in [3.63, 3.8) is 0 Å². The number of rotatable bonds is 3. The van der Waals surface area contributed by atoms with E-state index in [9.17, 15) is 0 Å². The van der Waals surface area contributed by atoms with Gasteiger partial charge in [-0.05, 0) is 69.5 Å². The van der Waals surface area contributed by atoms with Crippen LogP contribution in [0.5, 0.6) is 0 Å². The third kappa shape index (κ3) is 2.18. The highest BCUT2D eigenvalue weighted by atomic mass is 15.2. The molecule has 2 aliphatic rings. The Morgan fingerprint density at radius 2 is 1.92 bits per heavy atom. The predicted octanol–water partition coefficient (Wildman–Crippen LogP) is 4.72. The molecular weight excluding hydrogens is 306 g/mol. The Labute approximate surface area is 149 Å². The van der Waals surface area contributed by atoms with E-state index in [0.29, 0.717) is 12.1 Å². The van der Waals surface area contributed by atoms with Crippen LogP contribution in [0.25, 0.3) is 10.9 Å². The number of benzene rings is 1. The maximum atomic E-state index is 4.46. The number of aromatic nitrogens is 2. The van der Waals surface area contributed by atoms with Gasteiger partial charge in [0.15, 0.2) is 0 Å². The minimum atomic E-state index is 0.601. The molecule has 3 aromatic rings. The summed E-state index contributed by atoms with van der Waals surface area (Å²) in [5.74, 6) is 0. The predicted molar refractivity (Wildman–Crippen MR) is 102 cm³/mol. The lowest BCUT2D eigenvalue weighted by atomic mass is 9.95. The van der Waals surface area contributed by atoms with Crippen LogP contribution in [-0.2, 0) is 13.0 Å². The summed E-state index contributed by atoms with van der Waals surface area (Å²) in [6.07, 6.45) is 5.68. The lowest BCUT2D eigenvalue weighted by molar-refractivity contribution is 0.275. The van der Waals surface area contributed by atoms with Crippen LogP contribution < -0.4 is 0 Å². The monoisotopic (exact) mass is 331 g/mol. The zero-order valence-corrected chi connectivity index (χ0v) is 15.3. The first-order chi connectivity index (χ1) is 12.1. The highest BCUT2D eigenvalue weighted by Gasteiger charge is 2.45. The van der Waals surface area contributed by atoms with Crippen molar-refractivity contribution >= 4 is 10.9 Å². The summed E-state index contributed by atoms with van der Waals surface area (Å²) in [7, 11) is 2.30. The van der Waals surface area contributed by atoms with E-state index in [0.717, 1.165) is 18.7 Å².